The molecule has 4 aliphatic carbocycles. The zero-order chi connectivity index (χ0) is 34.9. The molecule has 0 aromatic rings. The average molecular weight is 695 g/mol. The minimum atomic E-state index is -4.72. The number of ether oxygens (including phenoxy) is 3. The van der Waals surface area contributed by atoms with Crippen LogP contribution in [0.15, 0.2) is 0 Å². The van der Waals surface area contributed by atoms with Crippen LogP contribution in [0.25, 0.3) is 0 Å². The van der Waals surface area contributed by atoms with Crippen molar-refractivity contribution in [1.29, 1.82) is 0 Å². The minimum absolute atomic E-state index is 0.00267. The van der Waals surface area contributed by atoms with Gasteiger partial charge in [-0.05, 0) is 85.4 Å². The molecule has 14 heteroatoms. The molecule has 5 fully saturated rings. The molecule has 0 aromatic heterocycles. The molecule has 17 atom stereocenters. The molecular weight excluding hydrogens is 636 g/mol. The minimum Gasteiger partial charge on any atom is -0.393 e. The molecule has 4 saturated carbocycles. The van der Waals surface area contributed by atoms with Crippen LogP contribution in [0.1, 0.15) is 86.0 Å². The van der Waals surface area contributed by atoms with Crippen molar-refractivity contribution in [3.63, 3.8) is 0 Å². The number of aliphatic hydroxyl groups is 6. The Morgan fingerprint density at radius 1 is 0.936 bits per heavy atom. The van der Waals surface area contributed by atoms with Crippen molar-refractivity contribution in [2.45, 2.75) is 147 Å². The second-order valence-corrected chi connectivity index (χ2v) is 17.4. The van der Waals surface area contributed by atoms with Crippen molar-refractivity contribution >= 4 is 10.4 Å². The summed E-state index contributed by atoms with van der Waals surface area (Å²) >= 11 is 0. The highest BCUT2D eigenvalue weighted by Gasteiger charge is 2.72. The maximum Gasteiger partial charge on any atom is 0.397 e. The number of aliphatic hydroxyl groups excluding tert-OH is 5. The SMILES string of the molecule is CO[C@@H]1[C@@H](O)[C@H](OC(CC[C@@H](C)[C@H]2C(O)C(O)[C@@H]3[C@]2(C)CC[C@H]2[C@@]3(O)CC(O)C3CC(O)CC[C@@]32C)C(C)C)O[C@@H]1COS(=O)(=O)O. The van der Waals surface area contributed by atoms with Crippen molar-refractivity contribution in [3.8, 4) is 0 Å². The average Bonchev–Trinajstić information content (AvgIpc) is 3.38. The molecule has 47 heavy (non-hydrogen) atoms. The summed E-state index contributed by atoms with van der Waals surface area (Å²) in [5, 5.41) is 68.4. The summed E-state index contributed by atoms with van der Waals surface area (Å²) in [7, 11) is -3.38. The summed E-state index contributed by atoms with van der Waals surface area (Å²) in [5.41, 5.74) is -2.33. The summed E-state index contributed by atoms with van der Waals surface area (Å²) in [5.74, 6) is -1.33. The third-order valence-corrected chi connectivity index (χ3v) is 13.8. The van der Waals surface area contributed by atoms with Gasteiger partial charge in [-0.25, -0.2) is 4.18 Å². The van der Waals surface area contributed by atoms with Crippen LogP contribution in [-0.2, 0) is 28.8 Å². The Morgan fingerprint density at radius 3 is 2.21 bits per heavy atom. The highest BCUT2D eigenvalue weighted by molar-refractivity contribution is 7.80. The molecule has 1 saturated heterocycles. The summed E-state index contributed by atoms with van der Waals surface area (Å²) in [6.45, 7) is 9.61. The summed E-state index contributed by atoms with van der Waals surface area (Å²) in [6, 6.07) is 0. The van der Waals surface area contributed by atoms with Crippen molar-refractivity contribution in [3.05, 3.63) is 0 Å². The van der Waals surface area contributed by atoms with E-state index in [4.69, 9.17) is 18.8 Å². The fourth-order valence-corrected chi connectivity index (χ4v) is 11.6. The van der Waals surface area contributed by atoms with Gasteiger partial charge in [0.05, 0.1) is 42.7 Å². The Balaban J connectivity index is 1.29. The maximum atomic E-state index is 12.6. The van der Waals surface area contributed by atoms with Gasteiger partial charge in [-0.1, -0.05) is 34.6 Å². The first-order valence-electron chi connectivity index (χ1n) is 17.4. The second kappa shape index (κ2) is 13.6. The quantitative estimate of drug-likeness (QED) is 0.153. The molecule has 0 spiro atoms. The van der Waals surface area contributed by atoms with E-state index < -0.39 is 89.1 Å². The van der Waals surface area contributed by atoms with E-state index >= 15 is 0 Å². The summed E-state index contributed by atoms with van der Waals surface area (Å²) in [6.07, 6.45) is -3.73. The van der Waals surface area contributed by atoms with E-state index in [1.54, 1.807) is 0 Å². The molecule has 1 heterocycles. The number of hydrogen-bond acceptors (Lipinski definition) is 12. The molecule has 0 bridgehead atoms. The highest BCUT2D eigenvalue weighted by Crippen LogP contribution is 2.69. The molecule has 6 unspecified atom stereocenters. The smallest absolute Gasteiger partial charge is 0.393 e. The van der Waals surface area contributed by atoms with Crippen molar-refractivity contribution < 1.29 is 62.0 Å². The Bertz CT molecular complexity index is 1200. The van der Waals surface area contributed by atoms with Gasteiger partial charge in [-0.2, -0.15) is 8.42 Å². The zero-order valence-electron chi connectivity index (χ0n) is 28.5. The van der Waals surface area contributed by atoms with Gasteiger partial charge in [0.1, 0.15) is 18.3 Å². The van der Waals surface area contributed by atoms with Gasteiger partial charge in [0, 0.05) is 19.4 Å². The molecule has 274 valence electrons. The van der Waals surface area contributed by atoms with Crippen LogP contribution in [0.3, 0.4) is 0 Å². The molecular formula is C33H58O13S. The van der Waals surface area contributed by atoms with Gasteiger partial charge in [0.15, 0.2) is 6.29 Å². The van der Waals surface area contributed by atoms with Crippen LogP contribution < -0.4 is 0 Å². The largest absolute Gasteiger partial charge is 0.397 e. The molecule has 5 rings (SSSR count). The molecule has 13 nitrogen and oxygen atoms in total. The molecule has 5 aliphatic rings. The van der Waals surface area contributed by atoms with E-state index in [-0.39, 0.29) is 41.4 Å². The molecule has 0 aromatic carbocycles. The van der Waals surface area contributed by atoms with E-state index in [2.05, 4.69) is 18.0 Å². The number of hydrogen-bond donors (Lipinski definition) is 7. The lowest BCUT2D eigenvalue weighted by Gasteiger charge is -2.65. The van der Waals surface area contributed by atoms with Gasteiger partial charge in [-0.15, -0.1) is 0 Å². The lowest BCUT2D eigenvalue weighted by atomic mass is 9.42. The van der Waals surface area contributed by atoms with Crippen LogP contribution in [-0.4, -0.2) is 118 Å². The number of rotatable bonds is 11. The Hall–Kier alpha value is -0.490. The fraction of sp³-hybridized carbons (Fsp3) is 1.00. The predicted molar refractivity (Wildman–Crippen MR) is 168 cm³/mol. The Labute approximate surface area is 278 Å². The Morgan fingerprint density at radius 2 is 1.60 bits per heavy atom. The van der Waals surface area contributed by atoms with Gasteiger partial charge < -0.3 is 44.8 Å². The predicted octanol–water partition coefficient (Wildman–Crippen LogP) is 1.41. The van der Waals surface area contributed by atoms with Crippen molar-refractivity contribution in [2.75, 3.05) is 13.7 Å². The van der Waals surface area contributed by atoms with Crippen LogP contribution in [0.2, 0.25) is 0 Å². The van der Waals surface area contributed by atoms with Crippen molar-refractivity contribution in [1.82, 2.24) is 0 Å². The molecule has 0 amide bonds. The standard InChI is InChI=1S/C33H58O13S/c1-16(2)21(45-30-27(38)28(43-6)22(46-30)15-44-47(40,41)42)8-7-17(3)24-25(36)26(37)29-32(24,5)12-10-23-31(4)11-9-18(34)13-19(31)20(35)14-33(23,29)39/h16-30,34-39H,7-15H2,1-6H3,(H,40,41,42)/t17-,18?,19?,20?,21?,22-,23-,24+,25?,26?,27-,28+,29-,30-,31+,32-,33+/m1/s1. The summed E-state index contributed by atoms with van der Waals surface area (Å²) < 4.78 is 52.9. The first-order valence-corrected chi connectivity index (χ1v) is 18.7. The number of methoxy groups -OCH3 is 1. The first-order chi connectivity index (χ1) is 21.8. The highest BCUT2D eigenvalue weighted by atomic mass is 32.3. The van der Waals surface area contributed by atoms with Crippen LogP contribution >= 0.6 is 0 Å². The second-order valence-electron chi connectivity index (χ2n) is 16.3. The van der Waals surface area contributed by atoms with Crippen LogP contribution in [0.5, 0.6) is 0 Å². The topological polar surface area (TPSA) is 213 Å². The number of fused-ring (bicyclic) bond motifs is 5. The van der Waals surface area contributed by atoms with E-state index in [1.165, 1.54) is 7.11 Å². The summed E-state index contributed by atoms with van der Waals surface area (Å²) in [4.78, 5) is 0. The Kier molecular flexibility index (Phi) is 10.9. The fourth-order valence-electron chi connectivity index (χ4n) is 11.2. The van der Waals surface area contributed by atoms with E-state index in [0.29, 0.717) is 44.9 Å². The molecule has 7 N–H and O–H groups in total. The monoisotopic (exact) mass is 694 g/mol. The van der Waals surface area contributed by atoms with E-state index in [1.807, 2.05) is 20.8 Å². The zero-order valence-corrected chi connectivity index (χ0v) is 29.3. The third-order valence-electron chi connectivity index (χ3n) is 13.3. The van der Waals surface area contributed by atoms with Gasteiger partial charge in [0.2, 0.25) is 0 Å². The first kappa shape index (κ1) is 37.8. The van der Waals surface area contributed by atoms with Crippen molar-refractivity contribution in [2.24, 2.45) is 46.3 Å². The lowest BCUT2D eigenvalue weighted by molar-refractivity contribution is -0.264. The van der Waals surface area contributed by atoms with Gasteiger partial charge >= 0.3 is 10.4 Å². The van der Waals surface area contributed by atoms with Gasteiger partial charge in [-0.3, -0.25) is 4.55 Å². The maximum absolute atomic E-state index is 12.6. The van der Waals surface area contributed by atoms with Gasteiger partial charge in [0.25, 0.3) is 0 Å². The van der Waals surface area contributed by atoms with E-state index in [0.717, 1.165) is 0 Å². The molecule has 0 radical (unpaired) electrons. The van der Waals surface area contributed by atoms with Crippen LogP contribution in [0.4, 0.5) is 0 Å². The van der Waals surface area contributed by atoms with Crippen LogP contribution in [0, 0.1) is 46.3 Å². The molecule has 1 aliphatic heterocycles. The lowest BCUT2D eigenvalue weighted by Crippen LogP contribution is -2.68. The third kappa shape index (κ3) is 6.69. The normalized spacial score (nSPS) is 49.7. The van der Waals surface area contributed by atoms with E-state index in [9.17, 15) is 39.1 Å².